The van der Waals surface area contributed by atoms with Crippen LogP contribution in [0.2, 0.25) is 5.02 Å². The minimum atomic E-state index is -0.656. The summed E-state index contributed by atoms with van der Waals surface area (Å²) in [7, 11) is 3.22. The van der Waals surface area contributed by atoms with Crippen LogP contribution in [0.25, 0.3) is 33.5 Å². The maximum absolute atomic E-state index is 12.8. The number of rotatable bonds is 8. The number of hydrogen-bond acceptors (Lipinski definition) is 7. The fourth-order valence-electron chi connectivity index (χ4n) is 4.21. The van der Waals surface area contributed by atoms with E-state index in [0.29, 0.717) is 38.9 Å². The molecule has 0 saturated heterocycles. The molecule has 0 fully saturated rings. The summed E-state index contributed by atoms with van der Waals surface area (Å²) in [6, 6.07) is 25.1. The summed E-state index contributed by atoms with van der Waals surface area (Å²) in [6.45, 7) is 1.39. The Kier molecular flexibility index (Phi) is 8.12. The van der Waals surface area contributed by atoms with Gasteiger partial charge >= 0.3 is 5.97 Å². The van der Waals surface area contributed by atoms with Crippen LogP contribution in [-0.4, -0.2) is 42.7 Å². The lowest BCUT2D eigenvalue weighted by atomic mass is 10.0. The molecule has 0 atom stereocenters. The zero-order chi connectivity index (χ0) is 28.9. The van der Waals surface area contributed by atoms with Crippen LogP contribution in [0.5, 0.6) is 11.5 Å². The van der Waals surface area contributed by atoms with Crippen molar-refractivity contribution >= 4 is 40.2 Å². The maximum atomic E-state index is 12.8. The van der Waals surface area contributed by atoms with Crippen LogP contribution in [0.3, 0.4) is 0 Å². The van der Waals surface area contributed by atoms with E-state index in [2.05, 4.69) is 5.32 Å². The van der Waals surface area contributed by atoms with Gasteiger partial charge in [0.05, 0.1) is 42.2 Å². The van der Waals surface area contributed by atoms with E-state index in [1.807, 2.05) is 55.5 Å². The van der Waals surface area contributed by atoms with Crippen LogP contribution in [0, 0.1) is 6.92 Å². The zero-order valence-electron chi connectivity index (χ0n) is 22.6. The van der Waals surface area contributed by atoms with Crippen molar-refractivity contribution in [2.24, 2.45) is 0 Å². The highest BCUT2D eigenvalue weighted by molar-refractivity contribution is 6.31. The summed E-state index contributed by atoms with van der Waals surface area (Å²) in [5.41, 5.74) is 5.72. The quantitative estimate of drug-likeness (QED) is 0.207. The highest BCUT2D eigenvalue weighted by atomic mass is 35.5. The monoisotopic (exact) mass is 567 g/mol. The minimum Gasteiger partial charge on any atom is -0.497 e. The first-order valence-corrected chi connectivity index (χ1v) is 13.1. The first-order valence-electron chi connectivity index (χ1n) is 12.7. The topological polar surface area (TPSA) is 99.6 Å². The second kappa shape index (κ2) is 12.1. The van der Waals surface area contributed by atoms with E-state index in [1.54, 1.807) is 50.6 Å². The first kappa shape index (κ1) is 27.6. The van der Waals surface area contributed by atoms with E-state index in [9.17, 15) is 9.59 Å². The molecule has 5 rings (SSSR count). The standard InChI is InChI=1S/C32H26ClN3O5/c1-19-4-10-23(33)17-27(19)34-29(37)18-41-32(38)22-9-15-26-28(16-22)36-31(21-7-13-25(40-3)14-8-21)30(35-26)20-5-11-24(39-2)12-6-20/h4-17H,18H2,1-3H3,(H,34,37). The second-order valence-electron chi connectivity index (χ2n) is 9.16. The van der Waals surface area contributed by atoms with Crippen LogP contribution in [0.1, 0.15) is 15.9 Å². The Morgan fingerprint density at radius 1 is 0.756 bits per heavy atom. The molecule has 41 heavy (non-hydrogen) atoms. The lowest BCUT2D eigenvalue weighted by Gasteiger charge is -2.12. The Hall–Kier alpha value is -4.95. The van der Waals surface area contributed by atoms with E-state index < -0.39 is 18.5 Å². The number of nitrogens with zero attached hydrogens (tertiary/aromatic N) is 2. The normalized spacial score (nSPS) is 10.7. The molecule has 8 nitrogen and oxygen atoms in total. The van der Waals surface area contributed by atoms with Crippen molar-refractivity contribution in [2.75, 3.05) is 26.1 Å². The number of anilines is 1. The van der Waals surface area contributed by atoms with Crippen molar-refractivity contribution in [1.29, 1.82) is 0 Å². The van der Waals surface area contributed by atoms with Gasteiger partial charge in [0.15, 0.2) is 6.61 Å². The van der Waals surface area contributed by atoms with Gasteiger partial charge in [0.25, 0.3) is 5.91 Å². The Balaban J connectivity index is 1.43. The molecule has 0 unspecified atom stereocenters. The molecule has 0 spiro atoms. The largest absolute Gasteiger partial charge is 0.497 e. The summed E-state index contributed by atoms with van der Waals surface area (Å²) in [6.07, 6.45) is 0. The number of halogens is 1. The third-order valence-corrected chi connectivity index (χ3v) is 6.67. The lowest BCUT2D eigenvalue weighted by Crippen LogP contribution is -2.21. The third kappa shape index (κ3) is 6.28. The van der Waals surface area contributed by atoms with Gasteiger partial charge in [-0.25, -0.2) is 14.8 Å². The van der Waals surface area contributed by atoms with Gasteiger partial charge in [0.2, 0.25) is 0 Å². The number of fused-ring (bicyclic) bond motifs is 1. The highest BCUT2D eigenvalue weighted by Crippen LogP contribution is 2.33. The number of methoxy groups -OCH3 is 2. The van der Waals surface area contributed by atoms with Gasteiger partial charge < -0.3 is 19.5 Å². The van der Waals surface area contributed by atoms with Crippen LogP contribution in [0.15, 0.2) is 84.9 Å². The molecule has 206 valence electrons. The van der Waals surface area contributed by atoms with Gasteiger partial charge in [-0.2, -0.15) is 0 Å². The van der Waals surface area contributed by atoms with Crippen LogP contribution in [0.4, 0.5) is 5.69 Å². The van der Waals surface area contributed by atoms with Crippen molar-refractivity contribution in [1.82, 2.24) is 9.97 Å². The predicted molar refractivity (Wildman–Crippen MR) is 159 cm³/mol. The van der Waals surface area contributed by atoms with E-state index in [1.165, 1.54) is 0 Å². The molecule has 5 aromatic rings. The number of carbonyl (C=O) groups is 2. The summed E-state index contributed by atoms with van der Waals surface area (Å²) >= 11 is 6.02. The van der Waals surface area contributed by atoms with Gasteiger partial charge in [-0.15, -0.1) is 0 Å². The molecular weight excluding hydrogens is 542 g/mol. The number of esters is 1. The van der Waals surface area contributed by atoms with Crippen molar-refractivity contribution in [3.63, 3.8) is 0 Å². The number of ether oxygens (including phenoxy) is 3. The van der Waals surface area contributed by atoms with Gasteiger partial charge in [-0.1, -0.05) is 17.7 Å². The molecule has 0 bridgehead atoms. The molecule has 0 saturated carbocycles. The van der Waals surface area contributed by atoms with E-state index in [4.69, 9.17) is 35.8 Å². The first-order chi connectivity index (χ1) is 19.8. The summed E-state index contributed by atoms with van der Waals surface area (Å²) in [5.74, 6) is 0.313. The molecule has 0 aliphatic carbocycles. The van der Waals surface area contributed by atoms with Crippen molar-refractivity contribution in [3.05, 3.63) is 101 Å². The van der Waals surface area contributed by atoms with E-state index in [0.717, 1.165) is 22.4 Å². The fraction of sp³-hybridized carbons (Fsp3) is 0.125. The van der Waals surface area contributed by atoms with Gasteiger partial charge in [0, 0.05) is 21.8 Å². The Labute approximate surface area is 241 Å². The van der Waals surface area contributed by atoms with E-state index >= 15 is 0 Å². The molecule has 0 aliphatic heterocycles. The second-order valence-corrected chi connectivity index (χ2v) is 9.60. The van der Waals surface area contributed by atoms with Crippen LogP contribution < -0.4 is 14.8 Å². The Morgan fingerprint density at radius 3 is 1.93 bits per heavy atom. The zero-order valence-corrected chi connectivity index (χ0v) is 23.4. The number of benzene rings is 4. The number of amides is 1. The molecular formula is C32H26ClN3O5. The summed E-state index contributed by atoms with van der Waals surface area (Å²) in [4.78, 5) is 35.0. The highest BCUT2D eigenvalue weighted by Gasteiger charge is 2.17. The minimum absolute atomic E-state index is 0.247. The van der Waals surface area contributed by atoms with Crippen molar-refractivity contribution < 1.29 is 23.8 Å². The fourth-order valence-corrected chi connectivity index (χ4v) is 4.38. The molecule has 0 aliphatic rings. The number of aromatic nitrogens is 2. The average molecular weight is 568 g/mol. The molecule has 9 heteroatoms. The molecule has 1 amide bonds. The molecule has 1 heterocycles. The SMILES string of the molecule is COc1ccc(-c2nc3ccc(C(=O)OCC(=O)Nc4cc(Cl)ccc4C)cc3nc2-c2ccc(OC)cc2)cc1. The van der Waals surface area contributed by atoms with Crippen LogP contribution in [-0.2, 0) is 9.53 Å². The van der Waals surface area contributed by atoms with Crippen LogP contribution >= 0.6 is 11.6 Å². The Morgan fingerprint density at radius 2 is 1.34 bits per heavy atom. The average Bonchev–Trinajstić information content (AvgIpc) is 3.00. The van der Waals surface area contributed by atoms with Crippen molar-refractivity contribution in [3.8, 4) is 34.0 Å². The van der Waals surface area contributed by atoms with Gasteiger partial charge in [0.1, 0.15) is 11.5 Å². The predicted octanol–water partition coefficient (Wildman–Crippen LogP) is 6.74. The number of nitrogens with one attached hydrogen (secondary N) is 1. The molecule has 1 aromatic heterocycles. The number of hydrogen-bond donors (Lipinski definition) is 1. The smallest absolute Gasteiger partial charge is 0.338 e. The van der Waals surface area contributed by atoms with Crippen molar-refractivity contribution in [2.45, 2.75) is 6.92 Å². The van der Waals surface area contributed by atoms with Gasteiger partial charge in [-0.3, -0.25) is 4.79 Å². The van der Waals surface area contributed by atoms with Gasteiger partial charge in [-0.05, 0) is 91.3 Å². The molecule has 4 aromatic carbocycles. The number of aryl methyl sites for hydroxylation is 1. The number of carbonyl (C=O) groups excluding carboxylic acids is 2. The molecule has 1 N–H and O–H groups in total. The summed E-state index contributed by atoms with van der Waals surface area (Å²) in [5, 5.41) is 3.20. The molecule has 0 radical (unpaired) electrons. The lowest BCUT2D eigenvalue weighted by molar-refractivity contribution is -0.119. The Bertz CT molecular complexity index is 1740. The summed E-state index contributed by atoms with van der Waals surface area (Å²) < 4.78 is 15.9. The third-order valence-electron chi connectivity index (χ3n) is 6.43. The maximum Gasteiger partial charge on any atom is 0.338 e. The van der Waals surface area contributed by atoms with E-state index in [-0.39, 0.29) is 5.56 Å².